The summed E-state index contributed by atoms with van der Waals surface area (Å²) < 4.78 is 0. The molecule has 0 amide bonds. The van der Waals surface area contributed by atoms with Crippen LogP contribution in [0.5, 0.6) is 0 Å². The second-order valence-corrected chi connectivity index (χ2v) is 4.93. The van der Waals surface area contributed by atoms with Crippen LogP contribution < -0.4 is 11.1 Å². The normalized spacial score (nSPS) is 23.1. The quantitative estimate of drug-likeness (QED) is 0.600. The molecule has 92 valence electrons. The number of rotatable bonds is 5. The van der Waals surface area contributed by atoms with E-state index in [2.05, 4.69) is 36.2 Å². The fourth-order valence-electron chi connectivity index (χ4n) is 2.64. The molecule has 1 aliphatic carbocycles. The fraction of sp³-hybridized carbons (Fsp3) is 0.467. The van der Waals surface area contributed by atoms with E-state index in [9.17, 15) is 0 Å². The largest absolute Gasteiger partial charge is 0.329 e. The van der Waals surface area contributed by atoms with Gasteiger partial charge in [-0.15, -0.1) is 6.58 Å². The first kappa shape index (κ1) is 12.3. The Morgan fingerprint density at radius 3 is 2.82 bits per heavy atom. The Morgan fingerprint density at radius 2 is 2.12 bits per heavy atom. The smallest absolute Gasteiger partial charge is 0.0347 e. The first-order valence-corrected chi connectivity index (χ1v) is 6.42. The van der Waals surface area contributed by atoms with Crippen LogP contribution in [0.3, 0.4) is 0 Å². The monoisotopic (exact) mass is 230 g/mol. The number of nitrogens with two attached hydrogens (primary N) is 1. The Kier molecular flexibility index (Phi) is 3.97. The highest BCUT2D eigenvalue weighted by Crippen LogP contribution is 2.28. The molecule has 1 aromatic rings. The van der Waals surface area contributed by atoms with E-state index in [4.69, 9.17) is 5.73 Å². The second-order valence-electron chi connectivity index (χ2n) is 4.93. The molecule has 0 aromatic heterocycles. The molecular formula is C15H22N2. The van der Waals surface area contributed by atoms with Gasteiger partial charge in [-0.05, 0) is 43.4 Å². The van der Waals surface area contributed by atoms with Gasteiger partial charge in [0, 0.05) is 12.1 Å². The van der Waals surface area contributed by atoms with Crippen molar-refractivity contribution in [3.05, 3.63) is 48.0 Å². The van der Waals surface area contributed by atoms with Crippen LogP contribution in [0.2, 0.25) is 0 Å². The molecule has 0 fully saturated rings. The molecule has 0 radical (unpaired) electrons. The Balaban J connectivity index is 2.08. The molecule has 1 aliphatic rings. The summed E-state index contributed by atoms with van der Waals surface area (Å²) in [6.45, 7) is 5.44. The summed E-state index contributed by atoms with van der Waals surface area (Å²) in [6, 6.07) is 8.71. The van der Waals surface area contributed by atoms with Crippen molar-refractivity contribution >= 4 is 0 Å². The minimum atomic E-state index is 0.0946. The van der Waals surface area contributed by atoms with Gasteiger partial charge < -0.3 is 11.1 Å². The minimum Gasteiger partial charge on any atom is -0.329 e. The molecule has 3 N–H and O–H groups in total. The Morgan fingerprint density at radius 1 is 1.35 bits per heavy atom. The van der Waals surface area contributed by atoms with Crippen molar-refractivity contribution in [2.75, 3.05) is 13.1 Å². The lowest BCUT2D eigenvalue weighted by Gasteiger charge is -2.38. The molecule has 0 heterocycles. The van der Waals surface area contributed by atoms with E-state index in [1.807, 2.05) is 6.08 Å². The van der Waals surface area contributed by atoms with Crippen molar-refractivity contribution in [3.8, 4) is 0 Å². The number of fused-ring (bicyclic) bond motifs is 1. The summed E-state index contributed by atoms with van der Waals surface area (Å²) in [5.41, 5.74) is 9.03. The van der Waals surface area contributed by atoms with E-state index in [1.54, 1.807) is 0 Å². The van der Waals surface area contributed by atoms with Gasteiger partial charge in [-0.25, -0.2) is 0 Å². The average Bonchev–Trinajstić information content (AvgIpc) is 2.39. The first-order chi connectivity index (χ1) is 8.29. The van der Waals surface area contributed by atoms with Crippen molar-refractivity contribution in [3.63, 3.8) is 0 Å². The summed E-state index contributed by atoms with van der Waals surface area (Å²) in [6.07, 6.45) is 6.28. The summed E-state index contributed by atoms with van der Waals surface area (Å²) >= 11 is 0. The van der Waals surface area contributed by atoms with Crippen LogP contribution >= 0.6 is 0 Å². The molecule has 0 bridgehead atoms. The van der Waals surface area contributed by atoms with E-state index >= 15 is 0 Å². The zero-order chi connectivity index (χ0) is 12.1. The summed E-state index contributed by atoms with van der Waals surface area (Å²) in [5.74, 6) is 0. The Hall–Kier alpha value is -1.12. The number of aryl methyl sites for hydroxylation is 1. The maximum Gasteiger partial charge on any atom is 0.0347 e. The van der Waals surface area contributed by atoms with Crippen molar-refractivity contribution in [2.45, 2.75) is 31.2 Å². The van der Waals surface area contributed by atoms with E-state index < -0.39 is 0 Å². The lowest BCUT2D eigenvalue weighted by Crippen LogP contribution is -2.55. The van der Waals surface area contributed by atoms with Gasteiger partial charge in [-0.3, -0.25) is 0 Å². The van der Waals surface area contributed by atoms with Crippen molar-refractivity contribution in [1.29, 1.82) is 0 Å². The first-order valence-electron chi connectivity index (χ1n) is 6.42. The van der Waals surface area contributed by atoms with Crippen LogP contribution in [0.15, 0.2) is 36.9 Å². The van der Waals surface area contributed by atoms with E-state index in [0.29, 0.717) is 6.54 Å². The summed E-state index contributed by atoms with van der Waals surface area (Å²) in [7, 11) is 0. The van der Waals surface area contributed by atoms with Crippen LogP contribution in [0.25, 0.3) is 0 Å². The van der Waals surface area contributed by atoms with Crippen LogP contribution in [0.1, 0.15) is 24.0 Å². The van der Waals surface area contributed by atoms with Gasteiger partial charge in [-0.1, -0.05) is 30.3 Å². The van der Waals surface area contributed by atoms with Gasteiger partial charge in [0.1, 0.15) is 0 Å². The molecule has 0 saturated heterocycles. The highest BCUT2D eigenvalue weighted by atomic mass is 15.0. The number of hydrogen-bond acceptors (Lipinski definition) is 2. The zero-order valence-electron chi connectivity index (χ0n) is 10.4. The number of benzene rings is 1. The molecule has 1 unspecified atom stereocenters. The second kappa shape index (κ2) is 5.48. The molecule has 17 heavy (non-hydrogen) atoms. The summed E-state index contributed by atoms with van der Waals surface area (Å²) in [5, 5.41) is 3.63. The molecule has 1 aromatic carbocycles. The maximum absolute atomic E-state index is 5.99. The van der Waals surface area contributed by atoms with Gasteiger partial charge >= 0.3 is 0 Å². The van der Waals surface area contributed by atoms with Gasteiger partial charge in [0.05, 0.1) is 0 Å². The zero-order valence-corrected chi connectivity index (χ0v) is 10.4. The van der Waals surface area contributed by atoms with Crippen molar-refractivity contribution in [1.82, 2.24) is 5.32 Å². The lowest BCUT2D eigenvalue weighted by atomic mass is 9.78. The van der Waals surface area contributed by atoms with Gasteiger partial charge in [-0.2, -0.15) is 0 Å². The predicted octanol–water partition coefficient (Wildman–Crippen LogP) is 2.04. The molecule has 2 heteroatoms. The standard InChI is InChI=1S/C15H22N2/c1-2-3-10-17-15(12-16)9-8-13-6-4-5-7-14(13)11-15/h2,4-7,17H,1,3,8-12,16H2. The van der Waals surface area contributed by atoms with Crippen LogP contribution in [0.4, 0.5) is 0 Å². The molecule has 0 saturated carbocycles. The molecular weight excluding hydrogens is 208 g/mol. The maximum atomic E-state index is 5.99. The topological polar surface area (TPSA) is 38.0 Å². The van der Waals surface area contributed by atoms with Crippen molar-refractivity contribution in [2.24, 2.45) is 5.73 Å². The fourth-order valence-corrected chi connectivity index (χ4v) is 2.64. The molecule has 2 rings (SSSR count). The molecule has 0 aliphatic heterocycles. The summed E-state index contributed by atoms with van der Waals surface area (Å²) in [4.78, 5) is 0. The minimum absolute atomic E-state index is 0.0946. The van der Waals surface area contributed by atoms with E-state index in [1.165, 1.54) is 11.1 Å². The van der Waals surface area contributed by atoms with Gasteiger partial charge in [0.15, 0.2) is 0 Å². The molecule has 0 spiro atoms. The molecule has 1 atom stereocenters. The average molecular weight is 230 g/mol. The Bertz CT molecular complexity index is 386. The van der Waals surface area contributed by atoms with Gasteiger partial charge in [0.2, 0.25) is 0 Å². The van der Waals surface area contributed by atoms with Crippen LogP contribution in [0, 0.1) is 0 Å². The predicted molar refractivity (Wildman–Crippen MR) is 73.1 cm³/mol. The third-order valence-corrected chi connectivity index (χ3v) is 3.76. The van der Waals surface area contributed by atoms with Gasteiger partial charge in [0.25, 0.3) is 0 Å². The van der Waals surface area contributed by atoms with Crippen LogP contribution in [-0.2, 0) is 12.8 Å². The van der Waals surface area contributed by atoms with E-state index in [0.717, 1.165) is 32.2 Å². The number of hydrogen-bond donors (Lipinski definition) is 2. The number of nitrogens with one attached hydrogen (secondary N) is 1. The lowest BCUT2D eigenvalue weighted by molar-refractivity contribution is 0.296. The SMILES string of the molecule is C=CCCNC1(CN)CCc2ccccc2C1. The van der Waals surface area contributed by atoms with Crippen LogP contribution in [-0.4, -0.2) is 18.6 Å². The van der Waals surface area contributed by atoms with Crippen molar-refractivity contribution < 1.29 is 0 Å². The third-order valence-electron chi connectivity index (χ3n) is 3.76. The third kappa shape index (κ3) is 2.76. The van der Waals surface area contributed by atoms with E-state index in [-0.39, 0.29) is 5.54 Å². The molecule has 2 nitrogen and oxygen atoms in total. The highest BCUT2D eigenvalue weighted by Gasteiger charge is 2.32. The Labute approximate surface area is 104 Å². The highest BCUT2D eigenvalue weighted by molar-refractivity contribution is 5.32.